The van der Waals surface area contributed by atoms with Gasteiger partial charge in [-0.25, -0.2) is 0 Å². The Balaban J connectivity index is 0.000000255. The van der Waals surface area contributed by atoms with Crippen molar-refractivity contribution >= 4 is 17.8 Å². The molecule has 1 aliphatic rings. The first-order valence-corrected chi connectivity index (χ1v) is 6.43. The number of nitrogens with one attached hydrogen (secondary N) is 1. The third-order valence-electron chi connectivity index (χ3n) is 2.79. The van der Waals surface area contributed by atoms with Gasteiger partial charge in [-0.2, -0.15) is 0 Å². The molecule has 2 rings (SSSR count). The third-order valence-corrected chi connectivity index (χ3v) is 2.79. The van der Waals surface area contributed by atoms with Crippen LogP contribution in [-0.2, 0) is 20.8 Å². The summed E-state index contributed by atoms with van der Waals surface area (Å²) in [6, 6.07) is 7.55. The lowest BCUT2D eigenvalue weighted by molar-refractivity contribution is -0.139. The summed E-state index contributed by atoms with van der Waals surface area (Å²) in [6.07, 6.45) is 1.01. The largest absolute Gasteiger partial charge is 0.481 e. The predicted octanol–water partition coefficient (Wildman–Crippen LogP) is -0.0299. The Morgan fingerprint density at radius 3 is 2.14 bits per heavy atom. The van der Waals surface area contributed by atoms with E-state index in [2.05, 4.69) is 24.3 Å². The smallest absolute Gasteiger partial charge is 0.322 e. The summed E-state index contributed by atoms with van der Waals surface area (Å²) in [7, 11) is 0. The van der Waals surface area contributed by atoms with E-state index in [0.717, 1.165) is 0 Å². The van der Waals surface area contributed by atoms with Gasteiger partial charge in [0.2, 0.25) is 5.91 Å². The second kappa shape index (κ2) is 8.01. The Labute approximate surface area is 121 Å². The number of carboxylic acid groups (broad SMARTS) is 2. The molecule has 0 aromatic heterocycles. The van der Waals surface area contributed by atoms with Gasteiger partial charge in [-0.05, 0) is 24.0 Å². The summed E-state index contributed by atoms with van der Waals surface area (Å²) >= 11 is 0. The molecule has 1 unspecified atom stereocenters. The van der Waals surface area contributed by atoms with Gasteiger partial charge in [-0.15, -0.1) is 0 Å². The summed E-state index contributed by atoms with van der Waals surface area (Å²) in [4.78, 5) is 31.1. The lowest BCUT2D eigenvalue weighted by Gasteiger charge is -2.09. The Morgan fingerprint density at radius 2 is 1.71 bits per heavy atom. The summed E-state index contributed by atoms with van der Waals surface area (Å²) in [6.45, 7) is -0.514. The van der Waals surface area contributed by atoms with Crippen molar-refractivity contribution in [1.82, 2.24) is 5.32 Å². The maximum absolute atomic E-state index is 11.0. The van der Waals surface area contributed by atoms with Crippen LogP contribution in [0.15, 0.2) is 24.3 Å². The van der Waals surface area contributed by atoms with Crippen LogP contribution in [0.5, 0.6) is 0 Å². The molecular weight excluding hydrogens is 276 g/mol. The first-order chi connectivity index (χ1) is 9.90. The molecule has 114 valence electrons. The number of fused-ring (bicyclic) bond motifs is 1. The topological polar surface area (TPSA) is 130 Å². The zero-order valence-corrected chi connectivity index (χ0v) is 11.4. The van der Waals surface area contributed by atoms with Crippen LogP contribution >= 0.6 is 0 Å². The first kappa shape index (κ1) is 16.6. The van der Waals surface area contributed by atoms with Gasteiger partial charge < -0.3 is 21.3 Å². The Bertz CT molecular complexity index is 509. The molecule has 7 heteroatoms. The maximum atomic E-state index is 11.0. The molecule has 1 aromatic rings. The minimum Gasteiger partial charge on any atom is -0.481 e. The number of hydrogen-bond acceptors (Lipinski definition) is 4. The second-order valence-electron chi connectivity index (χ2n) is 4.60. The highest BCUT2D eigenvalue weighted by Gasteiger charge is 2.15. The summed E-state index contributed by atoms with van der Waals surface area (Å²) in [5, 5.41) is 18.5. The number of rotatable bonds is 6. The van der Waals surface area contributed by atoms with E-state index in [4.69, 9.17) is 15.9 Å². The summed E-state index contributed by atoms with van der Waals surface area (Å²) in [5.74, 6) is -2.89. The predicted molar refractivity (Wildman–Crippen MR) is 74.7 cm³/mol. The number of amides is 1. The fourth-order valence-electron chi connectivity index (χ4n) is 1.54. The van der Waals surface area contributed by atoms with Crippen LogP contribution in [-0.4, -0.2) is 40.6 Å². The molecule has 0 spiro atoms. The number of carboxylic acids is 2. The van der Waals surface area contributed by atoms with Crippen LogP contribution in [0.3, 0.4) is 0 Å². The number of carbonyl (C=O) groups excluding carboxylic acids is 1. The minimum atomic E-state index is -1.18. The number of aliphatic carboxylic acids is 2. The monoisotopic (exact) mass is 294 g/mol. The van der Waals surface area contributed by atoms with Crippen LogP contribution < -0.4 is 11.1 Å². The van der Waals surface area contributed by atoms with E-state index >= 15 is 0 Å². The van der Waals surface area contributed by atoms with Crippen molar-refractivity contribution in [3.63, 3.8) is 0 Å². The fraction of sp³-hybridized carbons (Fsp3) is 0.357. The minimum absolute atomic E-state index is 0.0131. The average molecular weight is 294 g/mol. The molecule has 0 fully saturated rings. The van der Waals surface area contributed by atoms with Gasteiger partial charge in [0.15, 0.2) is 0 Å². The van der Waals surface area contributed by atoms with E-state index in [9.17, 15) is 14.4 Å². The number of benzene rings is 1. The molecule has 0 aliphatic heterocycles. The third kappa shape index (κ3) is 7.07. The van der Waals surface area contributed by atoms with Gasteiger partial charge in [-0.3, -0.25) is 14.4 Å². The summed E-state index contributed by atoms with van der Waals surface area (Å²) < 4.78 is 0. The van der Waals surface area contributed by atoms with Crippen molar-refractivity contribution in [2.24, 2.45) is 5.73 Å². The molecular formula is C14H18N2O5. The van der Waals surface area contributed by atoms with Crippen molar-refractivity contribution in [2.45, 2.75) is 25.3 Å². The highest BCUT2D eigenvalue weighted by molar-refractivity contribution is 5.85. The molecule has 21 heavy (non-hydrogen) atoms. The van der Waals surface area contributed by atoms with Gasteiger partial charge in [0.05, 0.1) is 6.04 Å². The quantitative estimate of drug-likeness (QED) is 0.592. The van der Waals surface area contributed by atoms with Crippen LogP contribution in [0.25, 0.3) is 0 Å². The maximum Gasteiger partial charge on any atom is 0.322 e. The van der Waals surface area contributed by atoms with Crippen molar-refractivity contribution in [3.8, 4) is 0 Å². The van der Waals surface area contributed by atoms with Crippen LogP contribution in [0, 0.1) is 0 Å². The SMILES string of the molecule is NC(CCC(=O)O)C(=O)NCC(=O)O.c1ccc2c(c1)C2. The average Bonchev–Trinajstić information content (AvgIpc) is 3.22. The number of hydrogen-bond donors (Lipinski definition) is 4. The first-order valence-electron chi connectivity index (χ1n) is 6.43. The Morgan fingerprint density at radius 1 is 1.14 bits per heavy atom. The fourth-order valence-corrected chi connectivity index (χ4v) is 1.54. The van der Waals surface area contributed by atoms with Crippen molar-refractivity contribution < 1.29 is 24.6 Å². The van der Waals surface area contributed by atoms with E-state index in [1.54, 1.807) is 0 Å². The van der Waals surface area contributed by atoms with E-state index < -0.39 is 30.4 Å². The number of nitrogens with two attached hydrogens (primary N) is 1. The van der Waals surface area contributed by atoms with Crippen LogP contribution in [0.2, 0.25) is 0 Å². The van der Waals surface area contributed by atoms with Crippen LogP contribution in [0.4, 0.5) is 0 Å². The molecule has 1 aromatic carbocycles. The van der Waals surface area contributed by atoms with E-state index in [0.29, 0.717) is 0 Å². The van der Waals surface area contributed by atoms with Gasteiger partial charge in [0, 0.05) is 6.42 Å². The lowest BCUT2D eigenvalue weighted by Crippen LogP contribution is -2.42. The number of carbonyl (C=O) groups is 3. The Hall–Kier alpha value is -2.41. The molecule has 1 amide bonds. The van der Waals surface area contributed by atoms with Crippen molar-refractivity contribution in [3.05, 3.63) is 35.4 Å². The molecule has 0 radical (unpaired) electrons. The molecule has 5 N–H and O–H groups in total. The van der Waals surface area contributed by atoms with Gasteiger partial charge in [-0.1, -0.05) is 24.3 Å². The van der Waals surface area contributed by atoms with E-state index in [1.807, 2.05) is 5.32 Å². The highest BCUT2D eigenvalue weighted by Crippen LogP contribution is 2.25. The molecule has 1 atom stereocenters. The highest BCUT2D eigenvalue weighted by atomic mass is 16.4. The van der Waals surface area contributed by atoms with E-state index in [-0.39, 0.29) is 12.8 Å². The van der Waals surface area contributed by atoms with E-state index in [1.165, 1.54) is 17.5 Å². The molecule has 0 saturated heterocycles. The molecule has 0 heterocycles. The standard InChI is InChI=1S/C7H12N2O5.C7H6/c8-4(1-2-5(10)11)7(14)9-3-6(12)13;1-2-4-7-5-6(7)3-1/h4H,1-3,8H2,(H,9,14)(H,10,11)(H,12,13);1-4H,5H2. The molecule has 0 bridgehead atoms. The molecule has 7 nitrogen and oxygen atoms in total. The van der Waals surface area contributed by atoms with Gasteiger partial charge in [0.1, 0.15) is 6.54 Å². The summed E-state index contributed by atoms with van der Waals surface area (Å²) in [5.41, 5.74) is 8.34. The molecule has 1 aliphatic carbocycles. The Kier molecular flexibility index (Phi) is 6.35. The van der Waals surface area contributed by atoms with Gasteiger partial charge >= 0.3 is 11.9 Å². The normalized spacial score (nSPS) is 12.2. The zero-order valence-electron chi connectivity index (χ0n) is 11.4. The lowest BCUT2D eigenvalue weighted by atomic mass is 10.1. The van der Waals surface area contributed by atoms with Crippen molar-refractivity contribution in [2.75, 3.05) is 6.54 Å². The zero-order chi connectivity index (χ0) is 15.8. The van der Waals surface area contributed by atoms with Crippen molar-refractivity contribution in [1.29, 1.82) is 0 Å². The van der Waals surface area contributed by atoms with Crippen LogP contribution in [0.1, 0.15) is 24.0 Å². The molecule has 0 saturated carbocycles. The second-order valence-corrected chi connectivity index (χ2v) is 4.60. The van der Waals surface area contributed by atoms with Gasteiger partial charge in [0.25, 0.3) is 0 Å².